The maximum atomic E-state index is 10.8. The highest BCUT2D eigenvalue weighted by Crippen LogP contribution is 2.35. The van der Waals surface area contributed by atoms with Crippen molar-refractivity contribution >= 4 is 44.7 Å². The molecule has 0 aliphatic rings. The fourth-order valence-corrected chi connectivity index (χ4v) is 2.40. The van der Waals surface area contributed by atoms with E-state index < -0.39 is 5.97 Å². The number of carboxylic acids is 1. The van der Waals surface area contributed by atoms with Crippen LogP contribution in [0.25, 0.3) is 10.1 Å². The fourth-order valence-electron chi connectivity index (χ4n) is 1.27. The van der Waals surface area contributed by atoms with Crippen LogP contribution in [-0.4, -0.2) is 11.1 Å². The van der Waals surface area contributed by atoms with Gasteiger partial charge in [0, 0.05) is 0 Å². The normalized spacial score (nSPS) is 10.6. The van der Waals surface area contributed by atoms with E-state index >= 15 is 0 Å². The molecule has 72 valence electrons. The first-order valence-corrected chi connectivity index (χ1v) is 5.05. The number of aromatic carboxylic acids is 1. The monoisotopic (exact) mass is 227 g/mol. The van der Waals surface area contributed by atoms with E-state index in [1.54, 1.807) is 0 Å². The molecule has 1 aromatic heterocycles. The SMILES string of the molecule is Nc1c(Cl)c(C(=O)O)cc2ccsc12. The summed E-state index contributed by atoms with van der Waals surface area (Å²) in [5.74, 6) is -1.06. The first-order chi connectivity index (χ1) is 6.61. The smallest absolute Gasteiger partial charge is 0.337 e. The quantitative estimate of drug-likeness (QED) is 0.737. The van der Waals surface area contributed by atoms with Gasteiger partial charge in [-0.05, 0) is 22.9 Å². The summed E-state index contributed by atoms with van der Waals surface area (Å²) in [4.78, 5) is 10.8. The van der Waals surface area contributed by atoms with Crippen LogP contribution in [0.4, 0.5) is 5.69 Å². The maximum absolute atomic E-state index is 10.8. The lowest BCUT2D eigenvalue weighted by molar-refractivity contribution is 0.0697. The molecular formula is C9H6ClNO2S. The van der Waals surface area contributed by atoms with Gasteiger partial charge in [-0.1, -0.05) is 11.6 Å². The molecule has 0 unspecified atom stereocenters. The molecule has 14 heavy (non-hydrogen) atoms. The molecule has 0 saturated heterocycles. The molecule has 0 fully saturated rings. The fraction of sp³-hybridized carbons (Fsp3) is 0. The molecule has 3 N–H and O–H groups in total. The zero-order chi connectivity index (χ0) is 10.3. The van der Waals surface area contributed by atoms with Crippen molar-refractivity contribution in [1.82, 2.24) is 0 Å². The van der Waals surface area contributed by atoms with E-state index in [2.05, 4.69) is 0 Å². The molecule has 0 aliphatic heterocycles. The summed E-state index contributed by atoms with van der Waals surface area (Å²) in [6.07, 6.45) is 0. The van der Waals surface area contributed by atoms with E-state index in [9.17, 15) is 4.79 Å². The van der Waals surface area contributed by atoms with Gasteiger partial charge in [-0.25, -0.2) is 4.79 Å². The van der Waals surface area contributed by atoms with Gasteiger partial charge in [0.25, 0.3) is 0 Å². The number of halogens is 1. The lowest BCUT2D eigenvalue weighted by atomic mass is 10.1. The molecule has 0 spiro atoms. The van der Waals surface area contributed by atoms with Crippen LogP contribution in [0.5, 0.6) is 0 Å². The highest BCUT2D eigenvalue weighted by atomic mass is 35.5. The first kappa shape index (κ1) is 9.30. The van der Waals surface area contributed by atoms with Gasteiger partial charge in [-0.2, -0.15) is 0 Å². The van der Waals surface area contributed by atoms with E-state index in [0.29, 0.717) is 5.69 Å². The summed E-state index contributed by atoms with van der Waals surface area (Å²) in [6.45, 7) is 0. The molecule has 0 radical (unpaired) electrons. The van der Waals surface area contributed by atoms with E-state index in [1.165, 1.54) is 17.4 Å². The Labute approximate surface area is 88.7 Å². The molecule has 0 bridgehead atoms. The van der Waals surface area contributed by atoms with Crippen molar-refractivity contribution in [2.75, 3.05) is 5.73 Å². The number of rotatable bonds is 1. The Kier molecular flexibility index (Phi) is 2.09. The molecule has 2 aromatic rings. The van der Waals surface area contributed by atoms with E-state index in [-0.39, 0.29) is 10.6 Å². The van der Waals surface area contributed by atoms with Crippen molar-refractivity contribution in [3.8, 4) is 0 Å². The minimum absolute atomic E-state index is 0.0510. The molecule has 5 heteroatoms. The zero-order valence-electron chi connectivity index (χ0n) is 6.95. The van der Waals surface area contributed by atoms with Gasteiger partial charge in [-0.15, -0.1) is 11.3 Å². The lowest BCUT2D eigenvalue weighted by Gasteiger charge is -2.03. The predicted octanol–water partition coefficient (Wildman–Crippen LogP) is 2.84. The van der Waals surface area contributed by atoms with Crippen molar-refractivity contribution in [3.63, 3.8) is 0 Å². The topological polar surface area (TPSA) is 63.3 Å². The van der Waals surface area contributed by atoms with Crippen molar-refractivity contribution in [1.29, 1.82) is 0 Å². The third kappa shape index (κ3) is 1.23. The van der Waals surface area contributed by atoms with Crippen LogP contribution in [0, 0.1) is 0 Å². The van der Waals surface area contributed by atoms with Crippen molar-refractivity contribution in [2.24, 2.45) is 0 Å². The molecule has 0 saturated carbocycles. The summed E-state index contributed by atoms with van der Waals surface area (Å²) in [6, 6.07) is 3.35. The molecule has 0 aliphatic carbocycles. The summed E-state index contributed by atoms with van der Waals surface area (Å²) in [7, 11) is 0. The second kappa shape index (κ2) is 3.15. The highest BCUT2D eigenvalue weighted by Gasteiger charge is 2.14. The molecule has 0 atom stereocenters. The van der Waals surface area contributed by atoms with Gasteiger partial charge in [0.1, 0.15) is 0 Å². The van der Waals surface area contributed by atoms with Crippen LogP contribution >= 0.6 is 22.9 Å². The summed E-state index contributed by atoms with van der Waals surface area (Å²) in [5.41, 5.74) is 6.11. The average molecular weight is 228 g/mol. The third-order valence-electron chi connectivity index (χ3n) is 1.94. The first-order valence-electron chi connectivity index (χ1n) is 3.79. The third-order valence-corrected chi connectivity index (χ3v) is 3.31. The lowest BCUT2D eigenvalue weighted by Crippen LogP contribution is -2.00. The van der Waals surface area contributed by atoms with Crippen LogP contribution < -0.4 is 5.73 Å². The minimum atomic E-state index is -1.06. The van der Waals surface area contributed by atoms with Crippen LogP contribution in [0.3, 0.4) is 0 Å². The van der Waals surface area contributed by atoms with Gasteiger partial charge < -0.3 is 10.8 Å². The second-order valence-electron chi connectivity index (χ2n) is 2.80. The molecule has 3 nitrogen and oxygen atoms in total. The summed E-state index contributed by atoms with van der Waals surface area (Å²) < 4.78 is 0.833. The maximum Gasteiger partial charge on any atom is 0.337 e. The minimum Gasteiger partial charge on any atom is -0.478 e. The zero-order valence-corrected chi connectivity index (χ0v) is 8.52. The Morgan fingerprint density at radius 2 is 2.29 bits per heavy atom. The molecule has 1 heterocycles. The van der Waals surface area contributed by atoms with E-state index in [0.717, 1.165) is 10.1 Å². The Balaban J connectivity index is 2.87. The standard InChI is InChI=1S/C9H6ClNO2S/c10-6-5(9(12)13)3-4-1-2-14-8(4)7(6)11/h1-3H,11H2,(H,12,13). The Morgan fingerprint density at radius 1 is 1.57 bits per heavy atom. The summed E-state index contributed by atoms with van der Waals surface area (Å²) >= 11 is 7.27. The molecule has 2 rings (SSSR count). The van der Waals surface area contributed by atoms with Crippen LogP contribution in [0.1, 0.15) is 10.4 Å². The van der Waals surface area contributed by atoms with Crippen molar-refractivity contribution in [3.05, 3.63) is 28.1 Å². The number of nitrogen functional groups attached to an aromatic ring is 1. The number of anilines is 1. The van der Waals surface area contributed by atoms with Crippen LogP contribution in [-0.2, 0) is 0 Å². The number of fused-ring (bicyclic) bond motifs is 1. The average Bonchev–Trinajstić information content (AvgIpc) is 2.58. The van der Waals surface area contributed by atoms with Gasteiger partial charge in [0.15, 0.2) is 0 Å². The Bertz CT molecular complexity index is 521. The number of carboxylic acid groups (broad SMARTS) is 1. The second-order valence-corrected chi connectivity index (χ2v) is 4.09. The van der Waals surface area contributed by atoms with Gasteiger partial charge in [0.05, 0.1) is 21.0 Å². The molecular weight excluding hydrogens is 222 g/mol. The van der Waals surface area contributed by atoms with Crippen LogP contribution in [0.2, 0.25) is 5.02 Å². The van der Waals surface area contributed by atoms with Gasteiger partial charge in [-0.3, -0.25) is 0 Å². The Hall–Kier alpha value is -1.26. The molecule has 1 aromatic carbocycles. The van der Waals surface area contributed by atoms with Crippen molar-refractivity contribution in [2.45, 2.75) is 0 Å². The van der Waals surface area contributed by atoms with Crippen LogP contribution in [0.15, 0.2) is 17.5 Å². The number of nitrogens with two attached hydrogens (primary N) is 1. The number of hydrogen-bond donors (Lipinski definition) is 2. The predicted molar refractivity (Wildman–Crippen MR) is 58.2 cm³/mol. The van der Waals surface area contributed by atoms with Gasteiger partial charge in [0.2, 0.25) is 0 Å². The number of hydrogen-bond acceptors (Lipinski definition) is 3. The summed E-state index contributed by atoms with van der Waals surface area (Å²) in [5, 5.41) is 11.6. The number of thiophene rings is 1. The Morgan fingerprint density at radius 3 is 2.93 bits per heavy atom. The van der Waals surface area contributed by atoms with Crippen molar-refractivity contribution < 1.29 is 9.90 Å². The molecule has 0 amide bonds. The number of carbonyl (C=O) groups is 1. The highest BCUT2D eigenvalue weighted by molar-refractivity contribution is 7.17. The van der Waals surface area contributed by atoms with Gasteiger partial charge >= 0.3 is 5.97 Å². The largest absolute Gasteiger partial charge is 0.478 e. The number of benzene rings is 1. The van der Waals surface area contributed by atoms with E-state index in [1.807, 2.05) is 11.4 Å². The van der Waals surface area contributed by atoms with E-state index in [4.69, 9.17) is 22.4 Å².